The van der Waals surface area contributed by atoms with Crippen LogP contribution in [-0.2, 0) is 19.1 Å². The zero-order valence-electron chi connectivity index (χ0n) is 14.8. The molecule has 2 aromatic carbocycles. The highest BCUT2D eigenvalue weighted by Crippen LogP contribution is 2.26. The smallest absolute Gasteiger partial charge is 0.331 e. The van der Waals surface area contributed by atoms with Crippen molar-refractivity contribution < 1.29 is 19.1 Å². The van der Waals surface area contributed by atoms with Gasteiger partial charge in [-0.25, -0.2) is 4.79 Å². The van der Waals surface area contributed by atoms with Crippen LogP contribution in [0.1, 0.15) is 11.1 Å². The standard InChI is InChI=1S/C20H20N2O4S/c1-14-6-8-15(9-7-14)10-11-20(25)26-12-19(24)22-16-4-2-3-5-17(16)27-13-18(21)23/h2-11H,12-13H2,1H3,(H2,21,23)(H,22,24)/b11-10+. The van der Waals surface area contributed by atoms with Crippen molar-refractivity contribution in [1.29, 1.82) is 0 Å². The van der Waals surface area contributed by atoms with E-state index in [4.69, 9.17) is 10.5 Å². The molecule has 7 heteroatoms. The molecule has 0 spiro atoms. The van der Waals surface area contributed by atoms with Gasteiger partial charge in [0.1, 0.15) is 0 Å². The minimum atomic E-state index is -0.609. The first-order valence-corrected chi connectivity index (χ1v) is 9.14. The Morgan fingerprint density at radius 3 is 2.52 bits per heavy atom. The van der Waals surface area contributed by atoms with E-state index in [1.807, 2.05) is 31.2 Å². The Balaban J connectivity index is 1.84. The average Bonchev–Trinajstić information content (AvgIpc) is 2.65. The lowest BCUT2D eigenvalue weighted by atomic mass is 10.1. The monoisotopic (exact) mass is 384 g/mol. The van der Waals surface area contributed by atoms with Gasteiger partial charge in [-0.3, -0.25) is 9.59 Å². The van der Waals surface area contributed by atoms with E-state index in [0.29, 0.717) is 10.6 Å². The molecule has 3 N–H and O–H groups in total. The third kappa shape index (κ3) is 7.37. The van der Waals surface area contributed by atoms with Crippen LogP contribution in [0.25, 0.3) is 6.08 Å². The van der Waals surface area contributed by atoms with E-state index < -0.39 is 24.4 Å². The summed E-state index contributed by atoms with van der Waals surface area (Å²) < 4.78 is 4.94. The minimum absolute atomic E-state index is 0.103. The van der Waals surface area contributed by atoms with Crippen molar-refractivity contribution in [1.82, 2.24) is 0 Å². The Morgan fingerprint density at radius 1 is 1.11 bits per heavy atom. The molecule has 2 rings (SSSR count). The lowest BCUT2D eigenvalue weighted by molar-refractivity contribution is -0.142. The van der Waals surface area contributed by atoms with Crippen molar-refractivity contribution in [3.63, 3.8) is 0 Å². The number of primary amides is 1. The van der Waals surface area contributed by atoms with Crippen molar-refractivity contribution in [3.05, 3.63) is 65.7 Å². The van der Waals surface area contributed by atoms with Crippen LogP contribution in [-0.4, -0.2) is 30.1 Å². The Hall–Kier alpha value is -3.06. The number of anilines is 1. The second kappa shape index (κ2) is 10.2. The van der Waals surface area contributed by atoms with Crippen molar-refractivity contribution >= 4 is 41.3 Å². The van der Waals surface area contributed by atoms with Crippen molar-refractivity contribution in [3.8, 4) is 0 Å². The molecule has 27 heavy (non-hydrogen) atoms. The van der Waals surface area contributed by atoms with Gasteiger partial charge in [0, 0.05) is 11.0 Å². The normalized spacial score (nSPS) is 10.6. The molecule has 0 unspecified atom stereocenters. The van der Waals surface area contributed by atoms with Gasteiger partial charge in [-0.1, -0.05) is 42.0 Å². The van der Waals surface area contributed by atoms with Crippen molar-refractivity contribution in [2.24, 2.45) is 5.73 Å². The fraction of sp³-hybridized carbons (Fsp3) is 0.150. The van der Waals surface area contributed by atoms with E-state index >= 15 is 0 Å². The molecule has 0 saturated carbocycles. The first-order chi connectivity index (χ1) is 12.9. The maximum Gasteiger partial charge on any atom is 0.331 e. The van der Waals surface area contributed by atoms with E-state index in [9.17, 15) is 14.4 Å². The summed E-state index contributed by atoms with van der Waals surface area (Å²) in [6.45, 7) is 1.57. The molecular weight excluding hydrogens is 364 g/mol. The summed E-state index contributed by atoms with van der Waals surface area (Å²) in [6.07, 6.45) is 2.89. The molecule has 0 atom stereocenters. The molecule has 6 nitrogen and oxygen atoms in total. The van der Waals surface area contributed by atoms with E-state index in [2.05, 4.69) is 5.32 Å². The zero-order valence-corrected chi connectivity index (χ0v) is 15.6. The summed E-state index contributed by atoms with van der Waals surface area (Å²) in [5, 5.41) is 2.66. The molecule has 0 aromatic heterocycles. The third-order valence-electron chi connectivity index (χ3n) is 3.37. The zero-order chi connectivity index (χ0) is 19.6. The largest absolute Gasteiger partial charge is 0.452 e. The topological polar surface area (TPSA) is 98.5 Å². The maximum absolute atomic E-state index is 12.0. The van der Waals surface area contributed by atoms with Crippen LogP contribution in [0.5, 0.6) is 0 Å². The number of para-hydroxylation sites is 1. The van der Waals surface area contributed by atoms with Gasteiger partial charge in [-0.05, 0) is 30.7 Å². The summed E-state index contributed by atoms with van der Waals surface area (Å²) >= 11 is 1.22. The molecular formula is C20H20N2O4S. The first kappa shape index (κ1) is 20.3. The van der Waals surface area contributed by atoms with Gasteiger partial charge in [0.2, 0.25) is 5.91 Å². The van der Waals surface area contributed by atoms with Crippen molar-refractivity contribution in [2.45, 2.75) is 11.8 Å². The lowest BCUT2D eigenvalue weighted by Gasteiger charge is -2.10. The first-order valence-electron chi connectivity index (χ1n) is 8.15. The predicted octanol–water partition coefficient (Wildman–Crippen LogP) is 2.77. The lowest BCUT2D eigenvalue weighted by Crippen LogP contribution is -2.20. The van der Waals surface area contributed by atoms with Gasteiger partial charge in [0.15, 0.2) is 6.61 Å². The number of carbonyl (C=O) groups is 3. The van der Waals surface area contributed by atoms with Crippen LogP contribution in [0.4, 0.5) is 5.69 Å². The van der Waals surface area contributed by atoms with E-state index in [-0.39, 0.29) is 5.75 Å². The molecule has 2 amide bonds. The summed E-state index contributed by atoms with van der Waals surface area (Å²) in [5.74, 6) is -1.43. The van der Waals surface area contributed by atoms with Crippen LogP contribution in [0.15, 0.2) is 59.5 Å². The van der Waals surface area contributed by atoms with Crippen LogP contribution in [0.3, 0.4) is 0 Å². The number of esters is 1. The second-order valence-electron chi connectivity index (χ2n) is 5.65. The number of ether oxygens (including phenoxy) is 1. The fourth-order valence-electron chi connectivity index (χ4n) is 2.06. The molecule has 0 fully saturated rings. The predicted molar refractivity (Wildman–Crippen MR) is 106 cm³/mol. The number of benzene rings is 2. The highest BCUT2D eigenvalue weighted by atomic mass is 32.2. The van der Waals surface area contributed by atoms with E-state index in [1.54, 1.807) is 30.3 Å². The van der Waals surface area contributed by atoms with Crippen LogP contribution >= 0.6 is 11.8 Å². The Kier molecular flexibility index (Phi) is 7.63. The SMILES string of the molecule is Cc1ccc(/C=C/C(=O)OCC(=O)Nc2ccccc2SCC(N)=O)cc1. The summed E-state index contributed by atoms with van der Waals surface area (Å²) in [5.41, 5.74) is 7.66. The Morgan fingerprint density at radius 2 is 1.81 bits per heavy atom. The quantitative estimate of drug-likeness (QED) is 0.414. The number of aryl methyl sites for hydroxylation is 1. The number of nitrogens with one attached hydrogen (secondary N) is 1. The highest BCUT2D eigenvalue weighted by molar-refractivity contribution is 8.00. The summed E-state index contributed by atoms with van der Waals surface area (Å²) in [6, 6.07) is 14.6. The number of rotatable bonds is 8. The van der Waals surface area contributed by atoms with Gasteiger partial charge in [0.05, 0.1) is 11.4 Å². The third-order valence-corrected chi connectivity index (χ3v) is 4.46. The van der Waals surface area contributed by atoms with Gasteiger partial charge in [-0.2, -0.15) is 0 Å². The molecule has 0 bridgehead atoms. The van der Waals surface area contributed by atoms with Gasteiger partial charge in [-0.15, -0.1) is 11.8 Å². The van der Waals surface area contributed by atoms with Crippen LogP contribution < -0.4 is 11.1 Å². The van der Waals surface area contributed by atoms with Crippen LogP contribution in [0, 0.1) is 6.92 Å². The van der Waals surface area contributed by atoms with E-state index in [0.717, 1.165) is 11.1 Å². The van der Waals surface area contributed by atoms with E-state index in [1.165, 1.54) is 17.8 Å². The van der Waals surface area contributed by atoms with Gasteiger partial charge >= 0.3 is 5.97 Å². The van der Waals surface area contributed by atoms with Crippen molar-refractivity contribution in [2.75, 3.05) is 17.7 Å². The number of hydrogen-bond donors (Lipinski definition) is 2. The number of nitrogens with two attached hydrogens (primary N) is 1. The number of hydrogen-bond acceptors (Lipinski definition) is 5. The average molecular weight is 384 g/mol. The molecule has 0 radical (unpaired) electrons. The number of carbonyl (C=O) groups excluding carboxylic acids is 3. The second-order valence-corrected chi connectivity index (χ2v) is 6.67. The highest BCUT2D eigenvalue weighted by Gasteiger charge is 2.09. The molecule has 0 heterocycles. The summed E-state index contributed by atoms with van der Waals surface area (Å²) in [4.78, 5) is 35.4. The van der Waals surface area contributed by atoms with Gasteiger partial charge in [0.25, 0.3) is 5.91 Å². The maximum atomic E-state index is 12.0. The van der Waals surface area contributed by atoms with Crippen LogP contribution in [0.2, 0.25) is 0 Å². The molecule has 140 valence electrons. The van der Waals surface area contributed by atoms with Gasteiger partial charge < -0.3 is 15.8 Å². The summed E-state index contributed by atoms with van der Waals surface area (Å²) in [7, 11) is 0. The number of thioether (sulfide) groups is 1. The Labute approximate surface area is 161 Å². The Bertz CT molecular complexity index is 847. The molecule has 0 aliphatic carbocycles. The molecule has 0 saturated heterocycles. The fourth-order valence-corrected chi connectivity index (χ4v) is 2.80. The molecule has 2 aromatic rings. The molecule has 0 aliphatic heterocycles. The number of amides is 2. The minimum Gasteiger partial charge on any atom is -0.452 e. The molecule has 0 aliphatic rings.